The number of hydrogen-bond donors (Lipinski definition) is 1. The van der Waals surface area contributed by atoms with Crippen molar-refractivity contribution in [1.29, 1.82) is 0 Å². The first-order valence-corrected chi connectivity index (χ1v) is 4.99. The Labute approximate surface area is 93.6 Å². The van der Waals surface area contributed by atoms with E-state index >= 15 is 0 Å². The number of amides is 1. The lowest BCUT2D eigenvalue weighted by Gasteiger charge is -2.00. The molecule has 1 heterocycles. The zero-order valence-corrected chi connectivity index (χ0v) is 9.27. The fraction of sp³-hybridized carbons (Fsp3) is 0.167. The van der Waals surface area contributed by atoms with Crippen LogP contribution in [0.1, 0.15) is 10.5 Å². The molecule has 0 aliphatic rings. The van der Waals surface area contributed by atoms with Gasteiger partial charge in [0.25, 0.3) is 5.91 Å². The van der Waals surface area contributed by atoms with E-state index in [4.69, 9.17) is 0 Å². The molecule has 0 aliphatic heterocycles. The topological polar surface area (TPSA) is 48.5 Å². The van der Waals surface area contributed by atoms with Gasteiger partial charge < -0.3 is 9.88 Å². The lowest BCUT2D eigenvalue weighted by molar-refractivity contribution is 0.0998. The van der Waals surface area contributed by atoms with Crippen LogP contribution >= 0.6 is 0 Å². The van der Waals surface area contributed by atoms with Crippen LogP contribution in [0.4, 0.5) is 0 Å². The molecule has 2 aromatic rings. The van der Waals surface area contributed by atoms with E-state index in [9.17, 15) is 4.79 Å². The van der Waals surface area contributed by atoms with Gasteiger partial charge in [-0.1, -0.05) is 18.2 Å². The van der Waals surface area contributed by atoms with Gasteiger partial charge in [0.1, 0.15) is 5.69 Å². The van der Waals surface area contributed by atoms with Crippen molar-refractivity contribution in [2.24, 2.45) is 4.99 Å². The highest BCUT2D eigenvalue weighted by Gasteiger charge is 2.06. The summed E-state index contributed by atoms with van der Waals surface area (Å²) in [6, 6.07) is 9.56. The Hall–Kier alpha value is -2.10. The average molecular weight is 215 g/mol. The third-order valence-corrected chi connectivity index (χ3v) is 2.17. The van der Waals surface area contributed by atoms with Crippen molar-refractivity contribution in [1.82, 2.24) is 9.88 Å². The molecule has 2 rings (SSSR count). The molecule has 0 saturated carbocycles. The van der Waals surface area contributed by atoms with Crippen molar-refractivity contribution < 1.29 is 4.79 Å². The number of benzene rings is 1. The number of carbonyl (C=O) groups excluding carboxylic acids is 1. The van der Waals surface area contributed by atoms with Crippen LogP contribution in [-0.4, -0.2) is 36.2 Å². The molecule has 0 unspecified atom stereocenters. The van der Waals surface area contributed by atoms with Crippen LogP contribution in [0.25, 0.3) is 10.9 Å². The Kier molecular flexibility index (Phi) is 2.72. The van der Waals surface area contributed by atoms with E-state index in [2.05, 4.69) is 9.98 Å². The summed E-state index contributed by atoms with van der Waals surface area (Å²) in [6.07, 6.45) is 1.49. The SMILES string of the molecule is CN(C)/C=N/C(=O)c1cc2ccccc2[nH]1. The van der Waals surface area contributed by atoms with Crippen LogP contribution in [0.2, 0.25) is 0 Å². The predicted octanol–water partition coefficient (Wildman–Crippen LogP) is 1.90. The lowest BCUT2D eigenvalue weighted by Crippen LogP contribution is -2.09. The third-order valence-electron chi connectivity index (χ3n) is 2.17. The second kappa shape index (κ2) is 4.18. The smallest absolute Gasteiger partial charge is 0.294 e. The molecule has 16 heavy (non-hydrogen) atoms. The minimum absolute atomic E-state index is 0.259. The summed E-state index contributed by atoms with van der Waals surface area (Å²) in [6.45, 7) is 0. The monoisotopic (exact) mass is 215 g/mol. The fourth-order valence-corrected chi connectivity index (χ4v) is 1.43. The van der Waals surface area contributed by atoms with Crippen molar-refractivity contribution in [3.05, 3.63) is 36.0 Å². The van der Waals surface area contributed by atoms with E-state index in [1.807, 2.05) is 44.4 Å². The van der Waals surface area contributed by atoms with Gasteiger partial charge in [-0.05, 0) is 12.1 Å². The molecule has 0 bridgehead atoms. The number of fused-ring (bicyclic) bond motifs is 1. The molecule has 4 heteroatoms. The fourth-order valence-electron chi connectivity index (χ4n) is 1.43. The Bertz CT molecular complexity index is 507. The largest absolute Gasteiger partial charge is 0.369 e. The van der Waals surface area contributed by atoms with E-state index in [0.717, 1.165) is 10.9 Å². The molecular formula is C12H13N3O. The van der Waals surface area contributed by atoms with E-state index in [1.54, 1.807) is 4.90 Å². The maximum atomic E-state index is 11.7. The van der Waals surface area contributed by atoms with Crippen LogP contribution in [0, 0.1) is 0 Å². The molecule has 0 radical (unpaired) electrons. The van der Waals surface area contributed by atoms with Gasteiger partial charge in [0.2, 0.25) is 0 Å². The summed E-state index contributed by atoms with van der Waals surface area (Å²) in [5.41, 5.74) is 1.46. The average Bonchev–Trinajstić information content (AvgIpc) is 2.69. The Morgan fingerprint density at radius 1 is 1.38 bits per heavy atom. The highest BCUT2D eigenvalue weighted by molar-refractivity contribution is 6.01. The van der Waals surface area contributed by atoms with Crippen LogP contribution in [0.15, 0.2) is 35.3 Å². The second-order valence-electron chi connectivity index (χ2n) is 3.78. The van der Waals surface area contributed by atoms with E-state index in [1.165, 1.54) is 6.34 Å². The number of nitrogens with zero attached hydrogens (tertiary/aromatic N) is 2. The Morgan fingerprint density at radius 2 is 2.12 bits per heavy atom. The normalized spacial score (nSPS) is 11.1. The lowest BCUT2D eigenvalue weighted by atomic mass is 10.2. The van der Waals surface area contributed by atoms with Gasteiger partial charge in [-0.2, -0.15) is 4.99 Å². The minimum Gasteiger partial charge on any atom is -0.369 e. The number of aliphatic imine (C=N–C) groups is 1. The molecule has 4 nitrogen and oxygen atoms in total. The molecule has 1 amide bonds. The zero-order valence-electron chi connectivity index (χ0n) is 9.27. The highest BCUT2D eigenvalue weighted by atomic mass is 16.1. The number of aromatic nitrogens is 1. The van der Waals surface area contributed by atoms with Gasteiger partial charge in [-0.3, -0.25) is 4.79 Å². The summed E-state index contributed by atoms with van der Waals surface area (Å²) >= 11 is 0. The van der Waals surface area contributed by atoms with Gasteiger partial charge in [0.15, 0.2) is 0 Å². The molecule has 0 fully saturated rings. The zero-order chi connectivity index (χ0) is 11.5. The van der Waals surface area contributed by atoms with Crippen molar-refractivity contribution in [2.75, 3.05) is 14.1 Å². The van der Waals surface area contributed by atoms with E-state index in [-0.39, 0.29) is 5.91 Å². The number of H-pyrrole nitrogens is 1. The van der Waals surface area contributed by atoms with Crippen LogP contribution in [-0.2, 0) is 0 Å². The summed E-state index contributed by atoms with van der Waals surface area (Å²) in [7, 11) is 3.64. The van der Waals surface area contributed by atoms with Gasteiger partial charge in [0.05, 0.1) is 6.34 Å². The van der Waals surface area contributed by atoms with Crippen molar-refractivity contribution in [2.45, 2.75) is 0 Å². The first-order chi connectivity index (χ1) is 7.66. The number of para-hydroxylation sites is 1. The molecule has 0 saturated heterocycles. The number of aromatic amines is 1. The molecular weight excluding hydrogens is 202 g/mol. The Balaban J connectivity index is 2.30. The van der Waals surface area contributed by atoms with Crippen molar-refractivity contribution >= 4 is 23.1 Å². The second-order valence-corrected chi connectivity index (χ2v) is 3.78. The molecule has 82 valence electrons. The molecule has 1 aromatic heterocycles. The summed E-state index contributed by atoms with van der Waals surface area (Å²) < 4.78 is 0. The molecule has 0 aliphatic carbocycles. The first kappa shape index (κ1) is 10.4. The summed E-state index contributed by atoms with van der Waals surface area (Å²) in [4.78, 5) is 20.2. The van der Waals surface area contributed by atoms with Gasteiger partial charge in [-0.25, -0.2) is 0 Å². The van der Waals surface area contributed by atoms with E-state index in [0.29, 0.717) is 5.69 Å². The number of hydrogen-bond acceptors (Lipinski definition) is 1. The number of nitrogens with one attached hydrogen (secondary N) is 1. The minimum atomic E-state index is -0.259. The van der Waals surface area contributed by atoms with Gasteiger partial charge in [0, 0.05) is 25.0 Å². The maximum Gasteiger partial charge on any atom is 0.294 e. The molecule has 0 atom stereocenters. The first-order valence-electron chi connectivity index (χ1n) is 4.99. The van der Waals surface area contributed by atoms with Crippen LogP contribution in [0.5, 0.6) is 0 Å². The van der Waals surface area contributed by atoms with Crippen LogP contribution < -0.4 is 0 Å². The van der Waals surface area contributed by atoms with Crippen LogP contribution in [0.3, 0.4) is 0 Å². The predicted molar refractivity (Wildman–Crippen MR) is 64.8 cm³/mol. The standard InChI is InChI=1S/C12H13N3O/c1-15(2)8-13-12(16)11-7-9-5-3-4-6-10(9)14-11/h3-8,14H,1-2H3/b13-8+. The Morgan fingerprint density at radius 3 is 2.81 bits per heavy atom. The van der Waals surface area contributed by atoms with E-state index < -0.39 is 0 Å². The number of rotatable bonds is 2. The van der Waals surface area contributed by atoms with Crippen molar-refractivity contribution in [3.63, 3.8) is 0 Å². The molecule has 1 N–H and O–H groups in total. The molecule has 1 aromatic carbocycles. The van der Waals surface area contributed by atoms with Gasteiger partial charge in [-0.15, -0.1) is 0 Å². The molecule has 0 spiro atoms. The quantitative estimate of drug-likeness (QED) is 0.614. The van der Waals surface area contributed by atoms with Gasteiger partial charge >= 0.3 is 0 Å². The highest BCUT2D eigenvalue weighted by Crippen LogP contribution is 2.14. The van der Waals surface area contributed by atoms with Crippen molar-refractivity contribution in [3.8, 4) is 0 Å². The summed E-state index contributed by atoms with van der Waals surface area (Å²) in [5.74, 6) is -0.259. The summed E-state index contributed by atoms with van der Waals surface area (Å²) in [5, 5.41) is 1.02. The maximum absolute atomic E-state index is 11.7. The number of carbonyl (C=O) groups is 1. The third kappa shape index (κ3) is 2.11.